The molecule has 0 heterocycles. The van der Waals surface area contributed by atoms with Crippen LogP contribution in [0.5, 0.6) is 0 Å². The number of benzene rings is 1. The van der Waals surface area contributed by atoms with Crippen molar-refractivity contribution in [1.82, 2.24) is 10.2 Å². The van der Waals surface area contributed by atoms with Crippen molar-refractivity contribution in [1.29, 1.82) is 0 Å². The summed E-state index contributed by atoms with van der Waals surface area (Å²) in [6, 6.07) is 10.2. The van der Waals surface area contributed by atoms with Crippen LogP contribution >= 0.6 is 0 Å². The first-order valence-electron chi connectivity index (χ1n) is 5.14. The molecule has 0 spiro atoms. The van der Waals surface area contributed by atoms with Gasteiger partial charge in [-0.25, -0.2) is 0 Å². The molecule has 3 nitrogen and oxygen atoms in total. The Kier molecular flexibility index (Phi) is 4.84. The van der Waals surface area contributed by atoms with Gasteiger partial charge in [-0.1, -0.05) is 30.3 Å². The Bertz CT molecular complexity index is 296. The van der Waals surface area contributed by atoms with Gasteiger partial charge >= 0.3 is 0 Å². The molecule has 1 rings (SSSR count). The maximum Gasteiger partial charge on any atom is 0.234 e. The lowest BCUT2D eigenvalue weighted by molar-refractivity contribution is -0.121. The Morgan fingerprint density at radius 1 is 1.27 bits per heavy atom. The minimum atomic E-state index is 0.0796. The van der Waals surface area contributed by atoms with Crippen molar-refractivity contribution in [2.75, 3.05) is 27.2 Å². The molecule has 82 valence electrons. The monoisotopic (exact) mass is 206 g/mol. The zero-order valence-corrected chi connectivity index (χ0v) is 9.36. The van der Waals surface area contributed by atoms with Crippen LogP contribution in [0.3, 0.4) is 0 Å². The molecule has 0 saturated heterocycles. The molecule has 0 bridgehead atoms. The van der Waals surface area contributed by atoms with Crippen LogP contribution in [0.1, 0.15) is 5.56 Å². The van der Waals surface area contributed by atoms with Gasteiger partial charge in [0.1, 0.15) is 0 Å². The summed E-state index contributed by atoms with van der Waals surface area (Å²) < 4.78 is 0. The third kappa shape index (κ3) is 5.18. The molecule has 1 aromatic rings. The number of rotatable bonds is 5. The molecule has 3 heteroatoms. The smallest absolute Gasteiger partial charge is 0.234 e. The Labute approximate surface area is 91.1 Å². The topological polar surface area (TPSA) is 32.3 Å². The second-order valence-electron chi connectivity index (χ2n) is 3.82. The molecule has 1 aromatic carbocycles. The molecule has 0 aromatic heterocycles. The molecule has 0 aliphatic heterocycles. The molecule has 0 fully saturated rings. The highest BCUT2D eigenvalue weighted by Gasteiger charge is 2.01. The quantitative estimate of drug-likeness (QED) is 0.776. The first kappa shape index (κ1) is 11.7. The highest BCUT2D eigenvalue weighted by atomic mass is 16.1. The van der Waals surface area contributed by atoms with Gasteiger partial charge in [-0.3, -0.25) is 4.79 Å². The van der Waals surface area contributed by atoms with Gasteiger partial charge in [-0.2, -0.15) is 0 Å². The van der Waals surface area contributed by atoms with Crippen LogP contribution in [0.25, 0.3) is 0 Å². The average Bonchev–Trinajstić information content (AvgIpc) is 2.18. The minimum Gasteiger partial charge on any atom is -0.355 e. The highest BCUT2D eigenvalue weighted by Crippen LogP contribution is 1.97. The van der Waals surface area contributed by atoms with E-state index in [0.29, 0.717) is 13.1 Å². The molecule has 0 unspecified atom stereocenters. The summed E-state index contributed by atoms with van der Waals surface area (Å²) in [6.45, 7) is 1.16. The zero-order chi connectivity index (χ0) is 11.1. The van der Waals surface area contributed by atoms with Crippen molar-refractivity contribution < 1.29 is 4.79 Å². The molecule has 1 N–H and O–H groups in total. The van der Waals surface area contributed by atoms with Crippen LogP contribution in [-0.4, -0.2) is 38.0 Å². The van der Waals surface area contributed by atoms with Crippen molar-refractivity contribution in [3.05, 3.63) is 35.9 Å². The van der Waals surface area contributed by atoms with Gasteiger partial charge < -0.3 is 10.2 Å². The van der Waals surface area contributed by atoms with Crippen LogP contribution in [0.2, 0.25) is 0 Å². The van der Waals surface area contributed by atoms with Gasteiger partial charge in [0.25, 0.3) is 0 Å². The third-order valence-electron chi connectivity index (χ3n) is 2.04. The number of nitrogens with zero attached hydrogens (tertiary/aromatic N) is 1. The van der Waals surface area contributed by atoms with Gasteiger partial charge in [0.05, 0.1) is 6.54 Å². The average molecular weight is 206 g/mol. The van der Waals surface area contributed by atoms with E-state index in [4.69, 9.17) is 0 Å². The highest BCUT2D eigenvalue weighted by molar-refractivity contribution is 5.77. The van der Waals surface area contributed by atoms with Crippen LogP contribution in [0.4, 0.5) is 0 Å². The van der Waals surface area contributed by atoms with Gasteiger partial charge in [0.15, 0.2) is 0 Å². The van der Waals surface area contributed by atoms with Gasteiger partial charge in [0, 0.05) is 6.54 Å². The summed E-state index contributed by atoms with van der Waals surface area (Å²) in [5.74, 6) is 0.0796. The number of hydrogen-bond acceptors (Lipinski definition) is 2. The fourth-order valence-electron chi connectivity index (χ4n) is 1.33. The number of likely N-dealkylation sites (N-methyl/N-ethyl adjacent to an activating group) is 1. The van der Waals surface area contributed by atoms with Gasteiger partial charge in [0.2, 0.25) is 5.91 Å². The summed E-state index contributed by atoms with van der Waals surface area (Å²) in [7, 11) is 3.77. The molecule has 1 amide bonds. The molecule has 15 heavy (non-hydrogen) atoms. The van der Waals surface area contributed by atoms with E-state index in [-0.39, 0.29) is 5.91 Å². The lowest BCUT2D eigenvalue weighted by atomic mass is 10.1. The zero-order valence-electron chi connectivity index (χ0n) is 9.36. The van der Waals surface area contributed by atoms with Crippen LogP contribution in [-0.2, 0) is 11.2 Å². The number of nitrogens with one attached hydrogen (secondary N) is 1. The fourth-order valence-corrected chi connectivity index (χ4v) is 1.33. The summed E-state index contributed by atoms with van der Waals surface area (Å²) in [5, 5.41) is 2.88. The van der Waals surface area contributed by atoms with E-state index in [1.807, 2.05) is 37.2 Å². The molecule has 0 atom stereocenters. The molecule has 0 saturated carbocycles. The second kappa shape index (κ2) is 6.19. The standard InChI is InChI=1S/C12H18N2O/c1-14(2)10-12(15)13-9-8-11-6-4-3-5-7-11/h3-7H,8-10H2,1-2H3,(H,13,15). The van der Waals surface area contributed by atoms with Crippen LogP contribution in [0.15, 0.2) is 30.3 Å². The maximum absolute atomic E-state index is 11.3. The Hall–Kier alpha value is -1.35. The lowest BCUT2D eigenvalue weighted by Gasteiger charge is -2.09. The van der Waals surface area contributed by atoms with Crippen molar-refractivity contribution in [2.24, 2.45) is 0 Å². The molecule has 0 radical (unpaired) electrons. The SMILES string of the molecule is CN(C)CC(=O)NCCc1ccccc1. The predicted molar refractivity (Wildman–Crippen MR) is 61.7 cm³/mol. The van der Waals surface area contributed by atoms with E-state index < -0.39 is 0 Å². The summed E-state index contributed by atoms with van der Waals surface area (Å²) >= 11 is 0. The Morgan fingerprint density at radius 2 is 1.93 bits per heavy atom. The minimum absolute atomic E-state index is 0.0796. The van der Waals surface area contributed by atoms with E-state index in [2.05, 4.69) is 17.4 Å². The second-order valence-corrected chi connectivity index (χ2v) is 3.82. The van der Waals surface area contributed by atoms with Crippen molar-refractivity contribution in [2.45, 2.75) is 6.42 Å². The number of hydrogen-bond donors (Lipinski definition) is 1. The number of carbonyl (C=O) groups excluding carboxylic acids is 1. The van der Waals surface area contributed by atoms with Crippen LogP contribution < -0.4 is 5.32 Å². The summed E-state index contributed by atoms with van der Waals surface area (Å²) in [5.41, 5.74) is 1.25. The van der Waals surface area contributed by atoms with E-state index in [0.717, 1.165) is 6.42 Å². The predicted octanol–water partition coefficient (Wildman–Crippen LogP) is 0.907. The van der Waals surface area contributed by atoms with Crippen LogP contribution in [0, 0.1) is 0 Å². The van der Waals surface area contributed by atoms with Crippen molar-refractivity contribution in [3.63, 3.8) is 0 Å². The maximum atomic E-state index is 11.3. The summed E-state index contributed by atoms with van der Waals surface area (Å²) in [6.07, 6.45) is 0.889. The van der Waals surface area contributed by atoms with Crippen molar-refractivity contribution in [3.8, 4) is 0 Å². The van der Waals surface area contributed by atoms with E-state index in [9.17, 15) is 4.79 Å². The molecular formula is C12H18N2O. The molecule has 0 aliphatic carbocycles. The Morgan fingerprint density at radius 3 is 2.53 bits per heavy atom. The number of amides is 1. The number of carbonyl (C=O) groups is 1. The van der Waals surface area contributed by atoms with Crippen molar-refractivity contribution >= 4 is 5.91 Å². The third-order valence-corrected chi connectivity index (χ3v) is 2.04. The van der Waals surface area contributed by atoms with E-state index in [1.54, 1.807) is 0 Å². The molecular weight excluding hydrogens is 188 g/mol. The summed E-state index contributed by atoms with van der Waals surface area (Å²) in [4.78, 5) is 13.1. The normalized spacial score (nSPS) is 10.3. The van der Waals surface area contributed by atoms with Gasteiger partial charge in [-0.05, 0) is 26.1 Å². The van der Waals surface area contributed by atoms with E-state index >= 15 is 0 Å². The molecule has 0 aliphatic rings. The van der Waals surface area contributed by atoms with E-state index in [1.165, 1.54) is 5.56 Å². The van der Waals surface area contributed by atoms with Gasteiger partial charge in [-0.15, -0.1) is 0 Å². The lowest BCUT2D eigenvalue weighted by Crippen LogP contribution is -2.34. The fraction of sp³-hybridized carbons (Fsp3) is 0.417. The first-order valence-corrected chi connectivity index (χ1v) is 5.14. The first-order chi connectivity index (χ1) is 7.18. The largest absolute Gasteiger partial charge is 0.355 e. The Balaban J connectivity index is 2.19.